The van der Waals surface area contributed by atoms with Crippen LogP contribution < -0.4 is 9.64 Å². The number of anilines is 1. The number of rotatable bonds is 5. The van der Waals surface area contributed by atoms with Gasteiger partial charge in [-0.15, -0.1) is 0 Å². The number of nitrogens with zero attached hydrogens (tertiary/aromatic N) is 2. The molecule has 154 valence electrons. The van der Waals surface area contributed by atoms with Crippen LogP contribution >= 0.6 is 0 Å². The predicted molar refractivity (Wildman–Crippen MR) is 115 cm³/mol. The molecule has 2 aromatic rings. The summed E-state index contributed by atoms with van der Waals surface area (Å²) in [6, 6.07) is 15.3. The Labute approximate surface area is 173 Å². The third-order valence-electron chi connectivity index (χ3n) is 5.67. The number of benzene rings is 2. The molecule has 5 nitrogen and oxygen atoms in total. The van der Waals surface area contributed by atoms with Crippen molar-refractivity contribution < 1.29 is 14.3 Å². The number of piperidine rings is 1. The average Bonchev–Trinajstić information content (AvgIpc) is 2.72. The van der Waals surface area contributed by atoms with Crippen molar-refractivity contribution in [1.82, 2.24) is 4.90 Å². The summed E-state index contributed by atoms with van der Waals surface area (Å²) in [6.07, 6.45) is 3.25. The van der Waals surface area contributed by atoms with Gasteiger partial charge in [-0.25, -0.2) is 0 Å². The Kier molecular flexibility index (Phi) is 6.57. The van der Waals surface area contributed by atoms with Crippen molar-refractivity contribution in [2.45, 2.75) is 52.1 Å². The molecule has 2 atom stereocenters. The van der Waals surface area contributed by atoms with Gasteiger partial charge >= 0.3 is 0 Å². The summed E-state index contributed by atoms with van der Waals surface area (Å²) >= 11 is 0. The number of amides is 2. The summed E-state index contributed by atoms with van der Waals surface area (Å²) in [5.74, 6) is 0.515. The molecule has 0 aromatic heterocycles. The molecule has 0 unspecified atom stereocenters. The van der Waals surface area contributed by atoms with Gasteiger partial charge in [0.15, 0.2) is 6.61 Å². The fourth-order valence-corrected chi connectivity index (χ4v) is 3.91. The molecule has 0 N–H and O–H groups in total. The zero-order chi connectivity index (χ0) is 21.0. The Bertz CT molecular complexity index is 835. The van der Waals surface area contributed by atoms with Crippen molar-refractivity contribution in [2.24, 2.45) is 0 Å². The maximum atomic E-state index is 12.7. The van der Waals surface area contributed by atoms with Crippen LogP contribution in [0, 0.1) is 6.92 Å². The number of aryl methyl sites for hydroxylation is 1. The van der Waals surface area contributed by atoms with Gasteiger partial charge in [0.25, 0.3) is 11.8 Å². The summed E-state index contributed by atoms with van der Waals surface area (Å²) in [5.41, 5.74) is 2.57. The summed E-state index contributed by atoms with van der Waals surface area (Å²) in [4.78, 5) is 28.9. The van der Waals surface area contributed by atoms with Crippen molar-refractivity contribution in [3.63, 3.8) is 0 Å². The first-order chi connectivity index (χ1) is 13.9. The second-order valence-electron chi connectivity index (χ2n) is 7.94. The number of ether oxygens (including phenoxy) is 1. The van der Waals surface area contributed by atoms with Crippen molar-refractivity contribution >= 4 is 17.5 Å². The molecule has 5 heteroatoms. The van der Waals surface area contributed by atoms with E-state index in [1.165, 1.54) is 6.42 Å². The molecule has 29 heavy (non-hydrogen) atoms. The van der Waals surface area contributed by atoms with E-state index in [1.54, 1.807) is 36.2 Å². The lowest BCUT2D eigenvalue weighted by Crippen LogP contribution is -2.49. The van der Waals surface area contributed by atoms with Crippen molar-refractivity contribution in [3.05, 3.63) is 59.7 Å². The number of hydrogen-bond acceptors (Lipinski definition) is 3. The normalized spacial score (nSPS) is 19.0. The quantitative estimate of drug-likeness (QED) is 0.753. The van der Waals surface area contributed by atoms with Crippen LogP contribution in [0.2, 0.25) is 0 Å². The van der Waals surface area contributed by atoms with E-state index in [0.717, 1.165) is 24.1 Å². The third kappa shape index (κ3) is 4.97. The van der Waals surface area contributed by atoms with Gasteiger partial charge in [0.05, 0.1) is 0 Å². The topological polar surface area (TPSA) is 49.9 Å². The van der Waals surface area contributed by atoms with Gasteiger partial charge in [-0.05, 0) is 76.4 Å². The molecule has 2 aromatic carbocycles. The van der Waals surface area contributed by atoms with Gasteiger partial charge in [-0.1, -0.05) is 17.7 Å². The minimum absolute atomic E-state index is 0.0176. The zero-order valence-electron chi connectivity index (χ0n) is 17.7. The molecule has 1 heterocycles. The highest BCUT2D eigenvalue weighted by Gasteiger charge is 2.29. The van der Waals surface area contributed by atoms with E-state index < -0.39 is 0 Å². The van der Waals surface area contributed by atoms with Crippen LogP contribution in [0.5, 0.6) is 5.75 Å². The fourth-order valence-electron chi connectivity index (χ4n) is 3.91. The maximum absolute atomic E-state index is 12.7. The van der Waals surface area contributed by atoms with Gasteiger partial charge in [0.1, 0.15) is 5.75 Å². The van der Waals surface area contributed by atoms with Gasteiger partial charge in [-0.3, -0.25) is 9.59 Å². The lowest BCUT2D eigenvalue weighted by Gasteiger charge is -2.38. The lowest BCUT2D eigenvalue weighted by molar-refractivity contribution is -0.139. The molecule has 0 radical (unpaired) electrons. The van der Waals surface area contributed by atoms with Gasteiger partial charge in [-0.2, -0.15) is 0 Å². The minimum Gasteiger partial charge on any atom is -0.484 e. The molecule has 3 rings (SSSR count). The Hall–Kier alpha value is -2.82. The largest absolute Gasteiger partial charge is 0.484 e. The fraction of sp³-hybridized carbons (Fsp3) is 0.417. The lowest BCUT2D eigenvalue weighted by atomic mass is 9.97. The molecule has 1 saturated heterocycles. The van der Waals surface area contributed by atoms with Crippen molar-refractivity contribution in [3.8, 4) is 5.75 Å². The van der Waals surface area contributed by atoms with Crippen molar-refractivity contribution in [2.75, 3.05) is 18.6 Å². The Morgan fingerprint density at radius 3 is 2.17 bits per heavy atom. The minimum atomic E-state index is -0.0903. The van der Waals surface area contributed by atoms with Crippen LogP contribution in [0.25, 0.3) is 0 Å². The molecule has 1 fully saturated rings. The second-order valence-corrected chi connectivity index (χ2v) is 7.94. The number of carbonyl (C=O) groups excluding carboxylic acids is 2. The number of carbonyl (C=O) groups is 2. The van der Waals surface area contributed by atoms with E-state index in [1.807, 2.05) is 36.1 Å². The van der Waals surface area contributed by atoms with E-state index in [2.05, 4.69) is 13.8 Å². The van der Waals surface area contributed by atoms with Crippen LogP contribution in [0.4, 0.5) is 5.69 Å². The van der Waals surface area contributed by atoms with Crippen LogP contribution in [-0.2, 0) is 4.79 Å². The Morgan fingerprint density at radius 2 is 1.59 bits per heavy atom. The monoisotopic (exact) mass is 394 g/mol. The highest BCUT2D eigenvalue weighted by molar-refractivity contribution is 6.05. The second kappa shape index (κ2) is 9.12. The highest BCUT2D eigenvalue weighted by atomic mass is 16.5. The summed E-state index contributed by atoms with van der Waals surface area (Å²) in [7, 11) is 1.76. The van der Waals surface area contributed by atoms with Gasteiger partial charge in [0, 0.05) is 30.4 Å². The number of likely N-dealkylation sites (tertiary alicyclic amines) is 1. The van der Waals surface area contributed by atoms with E-state index >= 15 is 0 Å². The summed E-state index contributed by atoms with van der Waals surface area (Å²) in [5, 5.41) is 0. The number of hydrogen-bond donors (Lipinski definition) is 0. The zero-order valence-corrected chi connectivity index (χ0v) is 17.7. The molecule has 0 bridgehead atoms. The molecule has 0 spiro atoms. The first-order valence-electron chi connectivity index (χ1n) is 10.3. The van der Waals surface area contributed by atoms with Crippen LogP contribution in [0.3, 0.4) is 0 Å². The van der Waals surface area contributed by atoms with Crippen LogP contribution in [0.15, 0.2) is 48.5 Å². The molecule has 0 saturated carbocycles. The first-order valence-corrected chi connectivity index (χ1v) is 10.3. The molecule has 1 aliphatic rings. The van der Waals surface area contributed by atoms with Crippen molar-refractivity contribution in [1.29, 1.82) is 0 Å². The van der Waals surface area contributed by atoms with Crippen LogP contribution in [-0.4, -0.2) is 42.5 Å². The molecule has 1 aliphatic heterocycles. The molecular weight excluding hydrogens is 364 g/mol. The SMILES string of the molecule is Cc1ccc(N(C)C(=O)c2ccc(OCC(=O)N3[C@@H](C)CCC[C@@H]3C)cc2)cc1. The van der Waals surface area contributed by atoms with Gasteiger partial charge < -0.3 is 14.5 Å². The standard InChI is InChI=1S/C24H30N2O3/c1-17-8-12-21(13-9-17)25(4)24(28)20-10-14-22(15-11-20)29-16-23(27)26-18(2)6-5-7-19(26)3/h8-15,18-19H,5-7,16H2,1-4H3/t18-,19-/m0/s1. The Balaban J connectivity index is 1.59. The van der Waals surface area contributed by atoms with E-state index in [0.29, 0.717) is 11.3 Å². The first kappa shape index (κ1) is 20.9. The molecule has 2 amide bonds. The summed E-state index contributed by atoms with van der Waals surface area (Å²) < 4.78 is 5.69. The van der Waals surface area contributed by atoms with E-state index in [9.17, 15) is 9.59 Å². The maximum Gasteiger partial charge on any atom is 0.260 e. The summed E-state index contributed by atoms with van der Waals surface area (Å²) in [6.45, 7) is 6.23. The van der Waals surface area contributed by atoms with E-state index in [-0.39, 0.29) is 30.5 Å². The third-order valence-corrected chi connectivity index (χ3v) is 5.67. The smallest absolute Gasteiger partial charge is 0.260 e. The molecule has 0 aliphatic carbocycles. The highest BCUT2D eigenvalue weighted by Crippen LogP contribution is 2.23. The Morgan fingerprint density at radius 1 is 1.00 bits per heavy atom. The van der Waals surface area contributed by atoms with Crippen LogP contribution in [0.1, 0.15) is 49.0 Å². The molecular formula is C24H30N2O3. The van der Waals surface area contributed by atoms with Gasteiger partial charge in [0.2, 0.25) is 0 Å². The predicted octanol–water partition coefficient (Wildman–Crippen LogP) is 4.44. The average molecular weight is 395 g/mol. The van der Waals surface area contributed by atoms with E-state index in [4.69, 9.17) is 4.74 Å².